The monoisotopic (exact) mass is 439 g/mol. The molecule has 0 saturated carbocycles. The fourth-order valence-corrected chi connectivity index (χ4v) is 5.31. The lowest BCUT2D eigenvalue weighted by Gasteiger charge is -2.43. The molecule has 0 bridgehead atoms. The summed E-state index contributed by atoms with van der Waals surface area (Å²) in [7, 11) is 0. The van der Waals surface area contributed by atoms with Crippen LogP contribution in [0.15, 0.2) is 24.3 Å². The molecular formula is C25H37N5O2. The first-order valence-electron chi connectivity index (χ1n) is 12.2. The van der Waals surface area contributed by atoms with Gasteiger partial charge in [-0.15, -0.1) is 0 Å². The van der Waals surface area contributed by atoms with Crippen molar-refractivity contribution in [3.8, 4) is 11.5 Å². The van der Waals surface area contributed by atoms with Crippen LogP contribution in [0.1, 0.15) is 43.6 Å². The van der Waals surface area contributed by atoms with E-state index in [9.17, 15) is 0 Å². The van der Waals surface area contributed by atoms with Gasteiger partial charge in [0.1, 0.15) is 0 Å². The standard InChI is InChI=1S/C25H37N5O2/c1-19(2)12-21-14-22(27-26-21)16-29-7-3-4-23(17-29)30-10-8-28(9-11-30)15-20-5-6-24-25(13-20)32-18-31-24/h5-6,13-14,19,23H,3-4,7-12,15-18H2,1-2H3,(H,26,27)/t23-/m0/s1. The van der Waals surface area contributed by atoms with E-state index in [1.165, 1.54) is 42.9 Å². The Morgan fingerprint density at radius 3 is 2.69 bits per heavy atom. The summed E-state index contributed by atoms with van der Waals surface area (Å²) in [6.07, 6.45) is 3.66. The molecule has 2 aromatic rings. The maximum Gasteiger partial charge on any atom is 0.231 e. The van der Waals surface area contributed by atoms with E-state index in [1.54, 1.807) is 0 Å². The number of piperidine rings is 1. The van der Waals surface area contributed by atoms with Crippen molar-refractivity contribution in [3.63, 3.8) is 0 Å². The number of fused-ring (bicyclic) bond motifs is 1. The molecule has 32 heavy (non-hydrogen) atoms. The normalized spacial score (nSPS) is 22.7. The molecule has 1 N–H and O–H groups in total. The van der Waals surface area contributed by atoms with Crippen LogP contribution in [-0.2, 0) is 19.5 Å². The summed E-state index contributed by atoms with van der Waals surface area (Å²) in [5.74, 6) is 2.40. The average Bonchev–Trinajstić information content (AvgIpc) is 3.43. The number of aromatic amines is 1. The number of rotatable bonds is 7. The third-order valence-corrected chi connectivity index (χ3v) is 6.94. The SMILES string of the molecule is CC(C)Cc1cc(CN2CCC[C@H](N3CCN(Cc4ccc5c(c4)OCO5)CC3)C2)[nH]n1. The number of likely N-dealkylation sites (tertiary alicyclic amines) is 1. The first kappa shape index (κ1) is 21.7. The number of hydrogen-bond donors (Lipinski definition) is 1. The maximum atomic E-state index is 5.54. The fraction of sp³-hybridized carbons (Fsp3) is 0.640. The Balaban J connectivity index is 1.09. The zero-order valence-corrected chi connectivity index (χ0v) is 19.6. The minimum absolute atomic E-state index is 0.343. The van der Waals surface area contributed by atoms with Gasteiger partial charge < -0.3 is 9.47 Å². The van der Waals surface area contributed by atoms with E-state index in [1.807, 2.05) is 6.07 Å². The van der Waals surface area contributed by atoms with Crippen molar-refractivity contribution in [1.82, 2.24) is 24.9 Å². The molecule has 1 atom stereocenters. The Labute approximate surface area is 191 Å². The molecule has 5 rings (SSSR count). The summed E-state index contributed by atoms with van der Waals surface area (Å²) >= 11 is 0. The van der Waals surface area contributed by atoms with Gasteiger partial charge in [0.15, 0.2) is 11.5 Å². The number of hydrogen-bond acceptors (Lipinski definition) is 6. The predicted octanol–water partition coefficient (Wildman–Crippen LogP) is 3.12. The molecule has 2 fully saturated rings. The van der Waals surface area contributed by atoms with Gasteiger partial charge in [-0.2, -0.15) is 5.10 Å². The Morgan fingerprint density at radius 2 is 1.84 bits per heavy atom. The van der Waals surface area contributed by atoms with Crippen LogP contribution in [-0.4, -0.2) is 77.0 Å². The number of aromatic nitrogens is 2. The number of ether oxygens (including phenoxy) is 2. The van der Waals surface area contributed by atoms with Crippen LogP contribution in [0.5, 0.6) is 11.5 Å². The minimum atomic E-state index is 0.343. The lowest BCUT2D eigenvalue weighted by Crippen LogP contribution is -2.54. The van der Waals surface area contributed by atoms with E-state index in [4.69, 9.17) is 9.47 Å². The van der Waals surface area contributed by atoms with E-state index in [2.05, 4.69) is 56.9 Å². The predicted molar refractivity (Wildman–Crippen MR) is 125 cm³/mol. The molecular weight excluding hydrogens is 402 g/mol. The fourth-order valence-electron chi connectivity index (χ4n) is 5.31. The highest BCUT2D eigenvalue weighted by Crippen LogP contribution is 2.33. The van der Waals surface area contributed by atoms with Crippen LogP contribution in [0.4, 0.5) is 0 Å². The van der Waals surface area contributed by atoms with Crippen molar-refractivity contribution in [2.45, 2.75) is 52.2 Å². The summed E-state index contributed by atoms with van der Waals surface area (Å²) in [6, 6.07) is 9.28. The summed E-state index contributed by atoms with van der Waals surface area (Å²) < 4.78 is 11.0. The van der Waals surface area contributed by atoms with E-state index in [0.717, 1.165) is 57.2 Å². The van der Waals surface area contributed by atoms with Gasteiger partial charge >= 0.3 is 0 Å². The molecule has 1 aromatic heterocycles. The molecule has 3 aliphatic heterocycles. The molecule has 0 aliphatic carbocycles. The van der Waals surface area contributed by atoms with Crippen LogP contribution in [0.3, 0.4) is 0 Å². The van der Waals surface area contributed by atoms with E-state index >= 15 is 0 Å². The van der Waals surface area contributed by atoms with E-state index in [0.29, 0.717) is 18.8 Å². The molecule has 0 radical (unpaired) electrons. The second kappa shape index (κ2) is 9.81. The molecule has 0 unspecified atom stereocenters. The summed E-state index contributed by atoms with van der Waals surface area (Å²) in [6.45, 7) is 13.8. The number of nitrogens with zero attached hydrogens (tertiary/aromatic N) is 4. The Kier molecular flexibility index (Phi) is 6.67. The largest absolute Gasteiger partial charge is 0.454 e. The Hall–Kier alpha value is -2.09. The lowest BCUT2D eigenvalue weighted by atomic mass is 10.0. The van der Waals surface area contributed by atoms with Crippen LogP contribution < -0.4 is 9.47 Å². The van der Waals surface area contributed by atoms with Crippen molar-refractivity contribution in [3.05, 3.63) is 41.2 Å². The van der Waals surface area contributed by atoms with Crippen LogP contribution >= 0.6 is 0 Å². The zero-order chi connectivity index (χ0) is 21.9. The summed E-state index contributed by atoms with van der Waals surface area (Å²) in [4.78, 5) is 7.90. The van der Waals surface area contributed by atoms with Gasteiger partial charge in [0, 0.05) is 57.5 Å². The Morgan fingerprint density at radius 1 is 1.00 bits per heavy atom. The van der Waals surface area contributed by atoms with Gasteiger partial charge in [0.2, 0.25) is 6.79 Å². The van der Waals surface area contributed by atoms with Crippen LogP contribution in [0.25, 0.3) is 0 Å². The topological polar surface area (TPSA) is 56.9 Å². The average molecular weight is 440 g/mol. The molecule has 0 spiro atoms. The third kappa shape index (κ3) is 5.27. The van der Waals surface area contributed by atoms with E-state index < -0.39 is 0 Å². The highest BCUT2D eigenvalue weighted by molar-refractivity contribution is 5.44. The smallest absolute Gasteiger partial charge is 0.231 e. The highest BCUT2D eigenvalue weighted by Gasteiger charge is 2.28. The van der Waals surface area contributed by atoms with Gasteiger partial charge in [-0.05, 0) is 55.5 Å². The molecule has 2 saturated heterocycles. The maximum absolute atomic E-state index is 5.54. The number of nitrogens with one attached hydrogen (secondary N) is 1. The zero-order valence-electron chi connectivity index (χ0n) is 19.6. The van der Waals surface area contributed by atoms with Gasteiger partial charge in [-0.25, -0.2) is 0 Å². The lowest BCUT2D eigenvalue weighted by molar-refractivity contribution is 0.0474. The van der Waals surface area contributed by atoms with Gasteiger partial charge in [-0.3, -0.25) is 19.8 Å². The Bertz CT molecular complexity index is 890. The molecule has 174 valence electrons. The van der Waals surface area contributed by atoms with Crippen molar-refractivity contribution in [2.24, 2.45) is 5.92 Å². The second-order valence-corrected chi connectivity index (χ2v) is 10.0. The molecule has 1 aromatic carbocycles. The van der Waals surface area contributed by atoms with Crippen molar-refractivity contribution < 1.29 is 9.47 Å². The van der Waals surface area contributed by atoms with Gasteiger partial charge in [0.05, 0.1) is 5.69 Å². The number of H-pyrrole nitrogens is 1. The van der Waals surface area contributed by atoms with Crippen LogP contribution in [0, 0.1) is 5.92 Å². The molecule has 7 heteroatoms. The van der Waals surface area contributed by atoms with Crippen molar-refractivity contribution >= 4 is 0 Å². The molecule has 3 aliphatic rings. The molecule has 4 heterocycles. The number of benzene rings is 1. The highest BCUT2D eigenvalue weighted by atomic mass is 16.7. The van der Waals surface area contributed by atoms with Gasteiger partial charge in [-0.1, -0.05) is 19.9 Å². The molecule has 0 amide bonds. The van der Waals surface area contributed by atoms with Crippen LogP contribution in [0.2, 0.25) is 0 Å². The summed E-state index contributed by atoms with van der Waals surface area (Å²) in [5.41, 5.74) is 3.76. The molecule has 7 nitrogen and oxygen atoms in total. The quantitative estimate of drug-likeness (QED) is 0.715. The van der Waals surface area contributed by atoms with Crippen molar-refractivity contribution in [1.29, 1.82) is 0 Å². The first-order chi connectivity index (χ1) is 15.6. The van der Waals surface area contributed by atoms with Crippen molar-refractivity contribution in [2.75, 3.05) is 46.1 Å². The van der Waals surface area contributed by atoms with Gasteiger partial charge in [0.25, 0.3) is 0 Å². The number of piperazine rings is 1. The van der Waals surface area contributed by atoms with E-state index in [-0.39, 0.29) is 0 Å². The third-order valence-electron chi connectivity index (χ3n) is 6.94. The first-order valence-corrected chi connectivity index (χ1v) is 12.2. The second-order valence-electron chi connectivity index (χ2n) is 10.0. The minimum Gasteiger partial charge on any atom is -0.454 e. The summed E-state index contributed by atoms with van der Waals surface area (Å²) in [5, 5.41) is 7.78.